The Labute approximate surface area is 185 Å². The van der Waals surface area contributed by atoms with Gasteiger partial charge >= 0.3 is 0 Å². The molecule has 0 unspecified atom stereocenters. The third kappa shape index (κ3) is 3.65. The van der Waals surface area contributed by atoms with E-state index < -0.39 is 18.0 Å². The molecule has 2 aliphatic rings. The molecular formula is C24H24FN3O4. The highest BCUT2D eigenvalue weighted by molar-refractivity contribution is 5.98. The molecule has 8 heteroatoms. The summed E-state index contributed by atoms with van der Waals surface area (Å²) < 4.78 is 28.0. The van der Waals surface area contributed by atoms with Gasteiger partial charge in [-0.2, -0.15) is 5.10 Å². The van der Waals surface area contributed by atoms with Crippen LogP contribution in [0.15, 0.2) is 48.8 Å². The standard InChI is InChI=1S/C24H24FN3O4/c1-15-17(11-16-3-5-18(6-4-16)28-9-2-8-26-28)12-19-23(22(15)25)32-14-27(24(19)30)20-13-31-10-7-21(20)29/h2-6,8-9,12,20-21,29H,7,10-11,13-14H2,1H3/t20-,21-/m0/s1. The number of rotatable bonds is 4. The van der Waals surface area contributed by atoms with E-state index in [4.69, 9.17) is 9.47 Å². The van der Waals surface area contributed by atoms with Gasteiger partial charge in [-0.3, -0.25) is 9.69 Å². The Morgan fingerprint density at radius 1 is 1.28 bits per heavy atom. The molecule has 7 nitrogen and oxygen atoms in total. The smallest absolute Gasteiger partial charge is 0.260 e. The molecule has 1 amide bonds. The van der Waals surface area contributed by atoms with Gasteiger partial charge in [0.1, 0.15) is 0 Å². The minimum Gasteiger partial charge on any atom is -0.469 e. The number of nitrogens with zero attached hydrogens (tertiary/aromatic N) is 3. The van der Waals surface area contributed by atoms with Gasteiger partial charge in [-0.15, -0.1) is 0 Å². The molecule has 0 radical (unpaired) electrons. The van der Waals surface area contributed by atoms with E-state index in [1.807, 2.05) is 36.5 Å². The predicted octanol–water partition coefficient (Wildman–Crippen LogP) is 2.85. The van der Waals surface area contributed by atoms with Gasteiger partial charge in [0.2, 0.25) is 0 Å². The summed E-state index contributed by atoms with van der Waals surface area (Å²) in [6.45, 7) is 2.27. The molecule has 0 saturated carbocycles. The third-order valence-corrected chi connectivity index (χ3v) is 6.20. The van der Waals surface area contributed by atoms with Crippen LogP contribution in [-0.2, 0) is 11.2 Å². The van der Waals surface area contributed by atoms with Crippen molar-refractivity contribution in [2.24, 2.45) is 0 Å². The Balaban J connectivity index is 1.43. The zero-order chi connectivity index (χ0) is 22.2. The Morgan fingerprint density at radius 2 is 2.09 bits per heavy atom. The summed E-state index contributed by atoms with van der Waals surface area (Å²) in [6, 6.07) is 10.9. The number of carbonyl (C=O) groups excluding carboxylic acids is 1. The molecule has 2 aliphatic heterocycles. The van der Waals surface area contributed by atoms with E-state index in [1.165, 1.54) is 4.90 Å². The number of carbonyl (C=O) groups is 1. The first kappa shape index (κ1) is 20.7. The van der Waals surface area contributed by atoms with Crippen LogP contribution < -0.4 is 4.74 Å². The summed E-state index contributed by atoms with van der Waals surface area (Å²) >= 11 is 0. The van der Waals surface area contributed by atoms with Gasteiger partial charge in [-0.1, -0.05) is 12.1 Å². The van der Waals surface area contributed by atoms with Crippen LogP contribution in [0.2, 0.25) is 0 Å². The number of ether oxygens (including phenoxy) is 2. The van der Waals surface area contributed by atoms with Crippen LogP contribution in [-0.4, -0.2) is 57.8 Å². The van der Waals surface area contributed by atoms with E-state index in [9.17, 15) is 9.90 Å². The number of benzene rings is 2. The molecule has 5 rings (SSSR count). The SMILES string of the molecule is Cc1c(Cc2ccc(-n3cccn3)cc2)cc2c(c1F)OCN([C@H]1COCC[C@@H]1O)C2=O. The largest absolute Gasteiger partial charge is 0.469 e. The maximum atomic E-state index is 15.1. The normalized spacial score (nSPS) is 20.7. The van der Waals surface area contributed by atoms with Gasteiger partial charge in [0, 0.05) is 19.0 Å². The number of hydrogen-bond acceptors (Lipinski definition) is 5. The van der Waals surface area contributed by atoms with Crippen LogP contribution in [0.3, 0.4) is 0 Å². The minimum absolute atomic E-state index is 0.0206. The summed E-state index contributed by atoms with van der Waals surface area (Å²) in [5.41, 5.74) is 3.27. The van der Waals surface area contributed by atoms with Crippen LogP contribution in [0, 0.1) is 12.7 Å². The summed E-state index contributed by atoms with van der Waals surface area (Å²) in [6.07, 6.45) is 3.81. The van der Waals surface area contributed by atoms with Gasteiger partial charge in [0.15, 0.2) is 18.3 Å². The maximum Gasteiger partial charge on any atom is 0.260 e. The molecule has 0 bridgehead atoms. The summed E-state index contributed by atoms with van der Waals surface area (Å²) in [5, 5.41) is 14.5. The lowest BCUT2D eigenvalue weighted by atomic mass is 9.95. The van der Waals surface area contributed by atoms with Crippen molar-refractivity contribution in [2.45, 2.75) is 31.9 Å². The number of hydrogen-bond donors (Lipinski definition) is 1. The maximum absolute atomic E-state index is 15.1. The molecule has 0 aliphatic carbocycles. The second-order valence-corrected chi connectivity index (χ2v) is 8.19. The number of aromatic nitrogens is 2. The molecule has 2 atom stereocenters. The molecule has 1 aromatic heterocycles. The Morgan fingerprint density at radius 3 is 2.81 bits per heavy atom. The zero-order valence-corrected chi connectivity index (χ0v) is 17.7. The first-order valence-electron chi connectivity index (χ1n) is 10.6. The number of halogens is 1. The monoisotopic (exact) mass is 437 g/mol. The fraction of sp³-hybridized carbons (Fsp3) is 0.333. The average Bonchev–Trinajstić information content (AvgIpc) is 3.34. The first-order valence-corrected chi connectivity index (χ1v) is 10.6. The molecular weight excluding hydrogens is 413 g/mol. The van der Waals surface area contributed by atoms with E-state index >= 15 is 4.39 Å². The lowest BCUT2D eigenvalue weighted by Crippen LogP contribution is -2.55. The van der Waals surface area contributed by atoms with Crippen molar-refractivity contribution in [3.8, 4) is 11.4 Å². The van der Waals surface area contributed by atoms with Gasteiger partial charge in [0.25, 0.3) is 5.91 Å². The van der Waals surface area contributed by atoms with Crippen LogP contribution >= 0.6 is 0 Å². The molecule has 3 aromatic rings. The van der Waals surface area contributed by atoms with E-state index in [1.54, 1.807) is 23.9 Å². The van der Waals surface area contributed by atoms with E-state index in [0.717, 1.165) is 11.3 Å². The molecule has 32 heavy (non-hydrogen) atoms. The Kier molecular flexibility index (Phi) is 5.40. The average molecular weight is 437 g/mol. The molecule has 1 N–H and O–H groups in total. The van der Waals surface area contributed by atoms with Crippen molar-refractivity contribution in [2.75, 3.05) is 19.9 Å². The highest BCUT2D eigenvalue weighted by Crippen LogP contribution is 2.34. The number of aliphatic hydroxyl groups excluding tert-OH is 1. The lowest BCUT2D eigenvalue weighted by Gasteiger charge is -2.39. The molecule has 0 spiro atoms. The Bertz CT molecular complexity index is 1130. The molecule has 166 valence electrons. The van der Waals surface area contributed by atoms with Gasteiger partial charge < -0.3 is 14.6 Å². The van der Waals surface area contributed by atoms with Crippen molar-refractivity contribution in [1.82, 2.24) is 14.7 Å². The fourth-order valence-electron chi connectivity index (χ4n) is 4.27. The van der Waals surface area contributed by atoms with Crippen LogP contribution in [0.1, 0.15) is 33.5 Å². The van der Waals surface area contributed by atoms with Crippen molar-refractivity contribution in [3.63, 3.8) is 0 Å². The lowest BCUT2D eigenvalue weighted by molar-refractivity contribution is -0.0700. The predicted molar refractivity (Wildman–Crippen MR) is 114 cm³/mol. The highest BCUT2D eigenvalue weighted by atomic mass is 19.1. The van der Waals surface area contributed by atoms with E-state index in [-0.39, 0.29) is 30.6 Å². The quantitative estimate of drug-likeness (QED) is 0.679. The molecule has 1 fully saturated rings. The summed E-state index contributed by atoms with van der Waals surface area (Å²) in [7, 11) is 0. The summed E-state index contributed by atoms with van der Waals surface area (Å²) in [5.74, 6) is -0.887. The molecule has 1 saturated heterocycles. The summed E-state index contributed by atoms with van der Waals surface area (Å²) in [4.78, 5) is 14.6. The first-order chi connectivity index (χ1) is 15.5. The van der Waals surface area contributed by atoms with Gasteiger partial charge in [0.05, 0.1) is 30.0 Å². The molecule has 3 heterocycles. The molecule has 2 aromatic carbocycles. The second kappa shape index (κ2) is 8.37. The van der Waals surface area contributed by atoms with Crippen molar-refractivity contribution in [1.29, 1.82) is 0 Å². The van der Waals surface area contributed by atoms with Crippen LogP contribution in [0.25, 0.3) is 5.69 Å². The fourth-order valence-corrected chi connectivity index (χ4v) is 4.27. The van der Waals surface area contributed by atoms with Crippen molar-refractivity contribution in [3.05, 3.63) is 76.9 Å². The number of amides is 1. The third-order valence-electron chi connectivity index (χ3n) is 6.20. The van der Waals surface area contributed by atoms with Crippen LogP contribution in [0.5, 0.6) is 5.75 Å². The highest BCUT2D eigenvalue weighted by Gasteiger charge is 2.38. The minimum atomic E-state index is -0.694. The van der Waals surface area contributed by atoms with Crippen LogP contribution in [0.4, 0.5) is 4.39 Å². The van der Waals surface area contributed by atoms with E-state index in [2.05, 4.69) is 5.10 Å². The Hall–Kier alpha value is -3.23. The topological polar surface area (TPSA) is 76.8 Å². The van der Waals surface area contributed by atoms with Crippen molar-refractivity contribution < 1.29 is 23.8 Å². The number of aliphatic hydroxyl groups is 1. The number of fused-ring (bicyclic) bond motifs is 1. The second-order valence-electron chi connectivity index (χ2n) is 8.19. The van der Waals surface area contributed by atoms with Gasteiger partial charge in [-0.25, -0.2) is 9.07 Å². The van der Waals surface area contributed by atoms with Crippen molar-refractivity contribution >= 4 is 5.91 Å². The van der Waals surface area contributed by atoms with Gasteiger partial charge in [-0.05, 0) is 60.7 Å². The zero-order valence-electron chi connectivity index (χ0n) is 17.7. The van der Waals surface area contributed by atoms with E-state index in [0.29, 0.717) is 30.6 Å².